The van der Waals surface area contributed by atoms with Crippen LogP contribution >= 0.6 is 0 Å². The third kappa shape index (κ3) is 4.96. The van der Waals surface area contributed by atoms with Gasteiger partial charge in [-0.15, -0.1) is 5.10 Å². The molecule has 9 nitrogen and oxygen atoms in total. The maximum atomic E-state index is 13.5. The fourth-order valence-electron chi connectivity index (χ4n) is 4.67. The highest BCUT2D eigenvalue weighted by molar-refractivity contribution is 5.79. The molecule has 0 spiro atoms. The Bertz CT molecular complexity index is 1350. The van der Waals surface area contributed by atoms with E-state index in [9.17, 15) is 4.79 Å². The number of benzene rings is 1. The Labute approximate surface area is 203 Å². The summed E-state index contributed by atoms with van der Waals surface area (Å²) in [7, 11) is 1.64. The van der Waals surface area contributed by atoms with Gasteiger partial charge in [-0.2, -0.15) is 0 Å². The van der Waals surface area contributed by atoms with E-state index < -0.39 is 0 Å². The molecule has 0 aliphatic heterocycles. The molecule has 182 valence electrons. The second kappa shape index (κ2) is 10.4. The lowest BCUT2D eigenvalue weighted by atomic mass is 10.1. The lowest BCUT2D eigenvalue weighted by Crippen LogP contribution is -2.22. The first-order valence-electron chi connectivity index (χ1n) is 12.0. The molecule has 35 heavy (non-hydrogen) atoms. The number of aryl methyl sites for hydroxylation is 1. The topological polar surface area (TPSA) is 96.1 Å². The molecule has 5 rings (SSSR count). The molecule has 4 aromatic rings. The van der Waals surface area contributed by atoms with Crippen molar-refractivity contribution in [1.82, 2.24) is 24.5 Å². The van der Waals surface area contributed by atoms with E-state index in [1.54, 1.807) is 18.0 Å². The number of hydrogen-bond donors (Lipinski definition) is 1. The summed E-state index contributed by atoms with van der Waals surface area (Å²) in [5.41, 5.74) is 5.70. The second-order valence-electron chi connectivity index (χ2n) is 8.81. The zero-order chi connectivity index (χ0) is 24.2. The van der Waals surface area contributed by atoms with Gasteiger partial charge in [-0.1, -0.05) is 29.5 Å². The third-order valence-corrected chi connectivity index (χ3v) is 6.45. The summed E-state index contributed by atoms with van der Waals surface area (Å²) in [6.07, 6.45) is 7.29. The molecule has 0 amide bonds. The maximum absolute atomic E-state index is 13.5. The van der Waals surface area contributed by atoms with E-state index in [0.717, 1.165) is 24.2 Å². The Balaban J connectivity index is 1.40. The van der Waals surface area contributed by atoms with Gasteiger partial charge >= 0.3 is 0 Å². The lowest BCUT2D eigenvalue weighted by Gasteiger charge is -2.16. The molecule has 0 saturated heterocycles. The number of methoxy groups -OCH3 is 1. The summed E-state index contributed by atoms with van der Waals surface area (Å²) >= 11 is 0. The Morgan fingerprint density at radius 1 is 1.14 bits per heavy atom. The first-order valence-corrected chi connectivity index (χ1v) is 12.0. The molecule has 0 atom stereocenters. The van der Waals surface area contributed by atoms with E-state index >= 15 is 0 Å². The van der Waals surface area contributed by atoms with Crippen LogP contribution in [-0.2, 0) is 42.0 Å². The smallest absolute Gasteiger partial charge is 0.196 e. The van der Waals surface area contributed by atoms with Gasteiger partial charge in [-0.3, -0.25) is 4.79 Å². The first-order chi connectivity index (χ1) is 17.2. The molecule has 1 aliphatic rings. The van der Waals surface area contributed by atoms with E-state index in [2.05, 4.69) is 44.9 Å². The highest BCUT2D eigenvalue weighted by Crippen LogP contribution is 2.25. The van der Waals surface area contributed by atoms with Crippen molar-refractivity contribution in [2.75, 3.05) is 25.6 Å². The van der Waals surface area contributed by atoms with Crippen LogP contribution in [0, 0.1) is 0 Å². The van der Waals surface area contributed by atoms with Crippen molar-refractivity contribution in [1.29, 1.82) is 0 Å². The Kier molecular flexibility index (Phi) is 6.87. The highest BCUT2D eigenvalue weighted by Gasteiger charge is 2.21. The second-order valence-corrected chi connectivity index (χ2v) is 8.81. The molecule has 0 bridgehead atoms. The minimum absolute atomic E-state index is 0.0442. The van der Waals surface area contributed by atoms with Crippen molar-refractivity contribution in [3.8, 4) is 0 Å². The van der Waals surface area contributed by atoms with E-state index in [-0.39, 0.29) is 5.43 Å². The maximum Gasteiger partial charge on any atom is 0.196 e. The molecule has 1 aliphatic carbocycles. The van der Waals surface area contributed by atoms with Crippen LogP contribution in [0.2, 0.25) is 0 Å². The van der Waals surface area contributed by atoms with Gasteiger partial charge in [0.05, 0.1) is 55.5 Å². The van der Waals surface area contributed by atoms with Gasteiger partial charge in [0.15, 0.2) is 5.43 Å². The molecule has 0 saturated carbocycles. The fourth-order valence-corrected chi connectivity index (χ4v) is 4.67. The fraction of sp³-hybridized carbons (Fsp3) is 0.385. The molecule has 1 N–H and O–H groups in total. The number of anilines is 1. The van der Waals surface area contributed by atoms with Gasteiger partial charge in [0.2, 0.25) is 0 Å². The third-order valence-electron chi connectivity index (χ3n) is 6.45. The van der Waals surface area contributed by atoms with E-state index in [0.29, 0.717) is 55.5 Å². The van der Waals surface area contributed by atoms with Crippen molar-refractivity contribution < 1.29 is 9.47 Å². The van der Waals surface area contributed by atoms with Gasteiger partial charge in [-0.25, -0.2) is 9.67 Å². The van der Waals surface area contributed by atoms with Crippen molar-refractivity contribution in [3.63, 3.8) is 0 Å². The summed E-state index contributed by atoms with van der Waals surface area (Å²) in [5.74, 6) is 0. The summed E-state index contributed by atoms with van der Waals surface area (Å²) in [6, 6.07) is 10.8. The van der Waals surface area contributed by atoms with Crippen molar-refractivity contribution in [2.24, 2.45) is 0 Å². The van der Waals surface area contributed by atoms with E-state index in [1.165, 1.54) is 11.1 Å². The lowest BCUT2D eigenvalue weighted by molar-refractivity contribution is 0.0586. The van der Waals surface area contributed by atoms with Crippen LogP contribution in [-0.4, -0.2) is 50.9 Å². The standard InChI is InChI=1S/C26H30N6O3/c1-3-31-15-20(16-32-23(14-28-30-32)17-35-9-8-34-2)25(33)24-12-22(13-27-26(24)31)29-21-10-18-6-4-5-7-19(18)11-21/h4-7,12-15,21,29H,3,8-11,16-17H2,1-2H3. The largest absolute Gasteiger partial charge is 0.382 e. The monoisotopic (exact) mass is 474 g/mol. The number of hydrogen-bond acceptors (Lipinski definition) is 7. The predicted octanol–water partition coefficient (Wildman–Crippen LogP) is 2.80. The molecular weight excluding hydrogens is 444 g/mol. The highest BCUT2D eigenvalue weighted by atomic mass is 16.5. The van der Waals surface area contributed by atoms with Crippen LogP contribution in [0.25, 0.3) is 11.0 Å². The summed E-state index contributed by atoms with van der Waals surface area (Å²) < 4.78 is 14.4. The van der Waals surface area contributed by atoms with Crippen molar-refractivity contribution in [2.45, 2.75) is 45.5 Å². The average Bonchev–Trinajstić information content (AvgIpc) is 3.49. The number of nitrogens with zero attached hydrogens (tertiary/aromatic N) is 5. The van der Waals surface area contributed by atoms with Crippen LogP contribution < -0.4 is 10.7 Å². The predicted molar refractivity (Wildman–Crippen MR) is 134 cm³/mol. The van der Waals surface area contributed by atoms with E-state index in [1.807, 2.05) is 30.0 Å². The molecule has 3 heterocycles. The number of ether oxygens (including phenoxy) is 2. The summed E-state index contributed by atoms with van der Waals surface area (Å²) in [6.45, 7) is 4.41. The van der Waals surface area contributed by atoms with Crippen LogP contribution in [0.15, 0.2) is 53.7 Å². The Hall–Kier alpha value is -3.56. The molecule has 9 heteroatoms. The van der Waals surface area contributed by atoms with Crippen LogP contribution in [0.5, 0.6) is 0 Å². The van der Waals surface area contributed by atoms with Gasteiger partial charge in [0.25, 0.3) is 0 Å². The number of nitrogens with one attached hydrogen (secondary N) is 1. The van der Waals surface area contributed by atoms with Crippen LogP contribution in [0.4, 0.5) is 5.69 Å². The molecule has 0 radical (unpaired) electrons. The Morgan fingerprint density at radius 2 is 1.94 bits per heavy atom. The van der Waals surface area contributed by atoms with Crippen molar-refractivity contribution in [3.05, 3.63) is 81.5 Å². The molecule has 0 fully saturated rings. The van der Waals surface area contributed by atoms with Crippen molar-refractivity contribution >= 4 is 16.7 Å². The summed E-state index contributed by atoms with van der Waals surface area (Å²) in [4.78, 5) is 18.2. The number of rotatable bonds is 10. The Morgan fingerprint density at radius 3 is 2.69 bits per heavy atom. The zero-order valence-electron chi connectivity index (χ0n) is 20.1. The van der Waals surface area contributed by atoms with Gasteiger partial charge in [-0.05, 0) is 37.0 Å². The zero-order valence-corrected chi connectivity index (χ0v) is 20.1. The first kappa shape index (κ1) is 23.2. The SMILES string of the molecule is CCn1cc(Cn2nncc2COCCOC)c(=O)c2cc(NC3Cc4ccccc4C3)cnc21. The van der Waals surface area contributed by atoms with Crippen LogP contribution in [0.3, 0.4) is 0 Å². The molecule has 3 aromatic heterocycles. The number of aromatic nitrogens is 5. The van der Waals surface area contributed by atoms with Crippen LogP contribution in [0.1, 0.15) is 29.3 Å². The summed E-state index contributed by atoms with van der Waals surface area (Å²) in [5, 5.41) is 12.4. The molecule has 1 aromatic carbocycles. The average molecular weight is 475 g/mol. The van der Waals surface area contributed by atoms with Gasteiger partial charge in [0.1, 0.15) is 5.65 Å². The minimum Gasteiger partial charge on any atom is -0.382 e. The quantitative estimate of drug-likeness (QED) is 0.353. The normalized spacial score (nSPS) is 13.4. The van der Waals surface area contributed by atoms with Gasteiger partial charge in [0, 0.05) is 31.5 Å². The molecular formula is C26H30N6O3. The molecule has 0 unspecified atom stereocenters. The number of pyridine rings is 2. The van der Waals surface area contributed by atoms with E-state index in [4.69, 9.17) is 9.47 Å². The van der Waals surface area contributed by atoms with Gasteiger partial charge < -0.3 is 19.4 Å². The number of fused-ring (bicyclic) bond motifs is 2. The minimum atomic E-state index is -0.0442.